The van der Waals surface area contributed by atoms with Crippen LogP contribution in [0.2, 0.25) is 0 Å². The highest BCUT2D eigenvalue weighted by atomic mass is 79.9. The average molecular weight is 531 g/mol. The van der Waals surface area contributed by atoms with E-state index < -0.39 is 0 Å². The molecule has 1 aliphatic carbocycles. The van der Waals surface area contributed by atoms with Crippen molar-refractivity contribution in [3.8, 4) is 5.75 Å². The van der Waals surface area contributed by atoms with Crippen molar-refractivity contribution >= 4 is 60.1 Å². The first-order valence-corrected chi connectivity index (χ1v) is 11.5. The molecule has 0 unspecified atom stereocenters. The normalized spacial score (nSPS) is 15.6. The number of nitrogens with one attached hydrogen (secondary N) is 1. The van der Waals surface area contributed by atoms with Crippen molar-refractivity contribution in [1.29, 1.82) is 0 Å². The van der Waals surface area contributed by atoms with E-state index in [-0.39, 0.29) is 18.5 Å². The fraction of sp³-hybridized carbons (Fsp3) is 0.400. The predicted molar refractivity (Wildman–Crippen MR) is 117 cm³/mol. The van der Waals surface area contributed by atoms with Gasteiger partial charge in [-0.1, -0.05) is 22.9 Å². The number of rotatable bonds is 6. The molecule has 3 rings (SSSR count). The number of esters is 1. The largest absolute Gasteiger partial charge is 0.483 e. The Balaban J connectivity index is 1.75. The maximum Gasteiger partial charge on any atom is 0.341 e. The fourth-order valence-electron chi connectivity index (χ4n) is 3.16. The number of halogens is 2. The Kier molecular flexibility index (Phi) is 7.17. The van der Waals surface area contributed by atoms with Crippen LogP contribution in [0.1, 0.15) is 41.1 Å². The molecule has 0 radical (unpaired) electrons. The standard InChI is InChI=1S/C20H21Br2NO4S/c1-3-26-20(25)18-13-6-4-11(2)8-16(13)28-19(18)23-17(24)10-27-15-7-5-12(21)9-14(15)22/h5,7,9,11H,3-4,6,8,10H2,1-2H3,(H,23,24)/t11-/m1/s1. The molecular weight excluding hydrogens is 510 g/mol. The Hall–Kier alpha value is -1.38. The van der Waals surface area contributed by atoms with Crippen LogP contribution in [-0.4, -0.2) is 25.1 Å². The van der Waals surface area contributed by atoms with Gasteiger partial charge in [-0.15, -0.1) is 11.3 Å². The van der Waals surface area contributed by atoms with Gasteiger partial charge in [-0.3, -0.25) is 4.79 Å². The molecule has 2 aromatic rings. The lowest BCUT2D eigenvalue weighted by Crippen LogP contribution is -2.21. The first-order chi connectivity index (χ1) is 13.4. The van der Waals surface area contributed by atoms with Crippen LogP contribution in [0.3, 0.4) is 0 Å². The summed E-state index contributed by atoms with van der Waals surface area (Å²) in [6.45, 7) is 4.13. The van der Waals surface area contributed by atoms with Crippen molar-refractivity contribution in [3.05, 3.63) is 43.1 Å². The monoisotopic (exact) mass is 529 g/mol. The molecule has 1 N–H and O–H groups in total. The van der Waals surface area contributed by atoms with Crippen molar-refractivity contribution in [2.75, 3.05) is 18.5 Å². The zero-order chi connectivity index (χ0) is 20.3. The van der Waals surface area contributed by atoms with Gasteiger partial charge in [0.1, 0.15) is 10.8 Å². The van der Waals surface area contributed by atoms with E-state index in [1.807, 2.05) is 12.1 Å². The maximum atomic E-state index is 12.5. The number of thiophene rings is 1. The van der Waals surface area contributed by atoms with Gasteiger partial charge < -0.3 is 14.8 Å². The van der Waals surface area contributed by atoms with Crippen LogP contribution in [-0.2, 0) is 22.4 Å². The molecule has 1 amide bonds. The van der Waals surface area contributed by atoms with Crippen molar-refractivity contribution in [2.45, 2.75) is 33.1 Å². The van der Waals surface area contributed by atoms with Gasteiger partial charge in [-0.25, -0.2) is 4.79 Å². The number of fused-ring (bicyclic) bond motifs is 1. The molecule has 0 bridgehead atoms. The van der Waals surface area contributed by atoms with Crippen LogP contribution >= 0.6 is 43.2 Å². The van der Waals surface area contributed by atoms with E-state index in [0.29, 0.717) is 28.8 Å². The molecular formula is C20H21Br2NO4S. The Morgan fingerprint density at radius 3 is 2.82 bits per heavy atom. The zero-order valence-electron chi connectivity index (χ0n) is 15.6. The number of hydrogen-bond acceptors (Lipinski definition) is 5. The van der Waals surface area contributed by atoms with Crippen molar-refractivity contribution < 1.29 is 19.1 Å². The van der Waals surface area contributed by atoms with Gasteiger partial charge in [-0.2, -0.15) is 0 Å². The number of hydrogen-bond donors (Lipinski definition) is 1. The van der Waals surface area contributed by atoms with Gasteiger partial charge in [0.2, 0.25) is 0 Å². The van der Waals surface area contributed by atoms with Crippen molar-refractivity contribution in [3.63, 3.8) is 0 Å². The van der Waals surface area contributed by atoms with Gasteiger partial charge in [0.05, 0.1) is 16.6 Å². The predicted octanol–water partition coefficient (Wildman–Crippen LogP) is 5.59. The van der Waals surface area contributed by atoms with Gasteiger partial charge in [-0.05, 0) is 71.8 Å². The SMILES string of the molecule is CCOC(=O)c1c(NC(=O)COc2ccc(Br)cc2Br)sc2c1CC[C@@H](C)C2. The number of ether oxygens (including phenoxy) is 2. The van der Waals surface area contributed by atoms with E-state index in [0.717, 1.165) is 38.6 Å². The number of carbonyl (C=O) groups excluding carboxylic acids is 2. The summed E-state index contributed by atoms with van der Waals surface area (Å²) in [5.74, 6) is 0.458. The number of benzene rings is 1. The van der Waals surface area contributed by atoms with Crippen LogP contribution in [0.25, 0.3) is 0 Å². The summed E-state index contributed by atoms with van der Waals surface area (Å²) in [5, 5.41) is 3.41. The second kappa shape index (κ2) is 9.41. The summed E-state index contributed by atoms with van der Waals surface area (Å²) in [4.78, 5) is 26.1. The van der Waals surface area contributed by atoms with E-state index in [1.54, 1.807) is 13.0 Å². The third-order valence-electron chi connectivity index (χ3n) is 4.50. The minimum absolute atomic E-state index is 0.151. The van der Waals surface area contributed by atoms with Crippen molar-refractivity contribution in [2.24, 2.45) is 5.92 Å². The summed E-state index contributed by atoms with van der Waals surface area (Å²) in [6, 6.07) is 5.46. The average Bonchev–Trinajstić information content (AvgIpc) is 2.97. The maximum absolute atomic E-state index is 12.5. The quantitative estimate of drug-likeness (QED) is 0.494. The van der Waals surface area contributed by atoms with Crippen LogP contribution in [0.15, 0.2) is 27.1 Å². The number of carbonyl (C=O) groups is 2. The Bertz CT molecular complexity index is 897. The topological polar surface area (TPSA) is 64.6 Å². The van der Waals surface area contributed by atoms with Gasteiger partial charge in [0, 0.05) is 9.35 Å². The fourth-order valence-corrected chi connectivity index (χ4v) is 5.73. The van der Waals surface area contributed by atoms with Crippen LogP contribution < -0.4 is 10.1 Å². The Morgan fingerprint density at radius 2 is 2.11 bits per heavy atom. The van der Waals surface area contributed by atoms with E-state index in [4.69, 9.17) is 9.47 Å². The minimum atomic E-state index is -0.374. The third kappa shape index (κ3) is 4.96. The van der Waals surface area contributed by atoms with Crippen molar-refractivity contribution in [1.82, 2.24) is 0 Å². The lowest BCUT2D eigenvalue weighted by Gasteiger charge is -2.18. The molecule has 1 aromatic heterocycles. The Morgan fingerprint density at radius 1 is 1.32 bits per heavy atom. The minimum Gasteiger partial charge on any atom is -0.483 e. The molecule has 0 aliphatic heterocycles. The molecule has 1 atom stereocenters. The van der Waals surface area contributed by atoms with Gasteiger partial charge >= 0.3 is 5.97 Å². The summed E-state index contributed by atoms with van der Waals surface area (Å²) in [7, 11) is 0. The molecule has 0 fully saturated rings. The van der Waals surface area contributed by atoms with E-state index in [2.05, 4.69) is 44.1 Å². The highest BCUT2D eigenvalue weighted by molar-refractivity contribution is 9.11. The highest BCUT2D eigenvalue weighted by Crippen LogP contribution is 2.40. The van der Waals surface area contributed by atoms with Gasteiger partial charge in [0.15, 0.2) is 6.61 Å². The van der Waals surface area contributed by atoms with Crippen LogP contribution in [0, 0.1) is 5.92 Å². The summed E-state index contributed by atoms with van der Waals surface area (Å²) < 4.78 is 12.5. The lowest BCUT2D eigenvalue weighted by atomic mass is 9.88. The molecule has 0 saturated heterocycles. The lowest BCUT2D eigenvalue weighted by molar-refractivity contribution is -0.118. The van der Waals surface area contributed by atoms with Gasteiger partial charge in [0.25, 0.3) is 5.91 Å². The number of amides is 1. The highest BCUT2D eigenvalue weighted by Gasteiger charge is 2.29. The first-order valence-electron chi connectivity index (χ1n) is 9.08. The molecule has 1 aliphatic rings. The molecule has 1 heterocycles. The Labute approximate surface area is 185 Å². The van der Waals surface area contributed by atoms with E-state index >= 15 is 0 Å². The molecule has 1 aromatic carbocycles. The summed E-state index contributed by atoms with van der Waals surface area (Å²) >= 11 is 8.26. The molecule has 150 valence electrons. The van der Waals surface area contributed by atoms with Crippen LogP contribution in [0.5, 0.6) is 5.75 Å². The molecule has 28 heavy (non-hydrogen) atoms. The zero-order valence-corrected chi connectivity index (χ0v) is 19.6. The van der Waals surface area contributed by atoms with E-state index in [1.165, 1.54) is 11.3 Å². The number of anilines is 1. The molecule has 5 nitrogen and oxygen atoms in total. The summed E-state index contributed by atoms with van der Waals surface area (Å²) in [5.41, 5.74) is 1.53. The molecule has 0 saturated carbocycles. The second-order valence-electron chi connectivity index (χ2n) is 6.69. The third-order valence-corrected chi connectivity index (χ3v) is 6.78. The summed E-state index contributed by atoms with van der Waals surface area (Å²) in [6.07, 6.45) is 2.79. The van der Waals surface area contributed by atoms with E-state index in [9.17, 15) is 9.59 Å². The molecule has 0 spiro atoms. The smallest absolute Gasteiger partial charge is 0.341 e. The second-order valence-corrected chi connectivity index (χ2v) is 9.56. The molecule has 8 heteroatoms. The first kappa shape index (κ1) is 21.3. The van der Waals surface area contributed by atoms with Crippen LogP contribution in [0.4, 0.5) is 5.00 Å².